The van der Waals surface area contributed by atoms with E-state index in [1.54, 1.807) is 11.8 Å². The molecule has 26 heavy (non-hydrogen) atoms. The Morgan fingerprint density at radius 3 is 2.38 bits per heavy atom. The zero-order valence-electron chi connectivity index (χ0n) is 15.0. The van der Waals surface area contributed by atoms with E-state index < -0.39 is 5.79 Å². The van der Waals surface area contributed by atoms with Gasteiger partial charge < -0.3 is 18.9 Å². The van der Waals surface area contributed by atoms with Gasteiger partial charge in [-0.25, -0.2) is 0 Å². The topological polar surface area (TPSA) is 36.9 Å². The highest BCUT2D eigenvalue weighted by atomic mass is 32.2. The summed E-state index contributed by atoms with van der Waals surface area (Å²) in [5.41, 5.74) is 1.14. The van der Waals surface area contributed by atoms with Gasteiger partial charge >= 0.3 is 0 Å². The first-order valence-corrected chi connectivity index (χ1v) is 9.94. The largest absolute Gasteiger partial charge is 0.368 e. The summed E-state index contributed by atoms with van der Waals surface area (Å²) >= 11 is 1.77. The highest BCUT2D eigenvalue weighted by molar-refractivity contribution is 7.99. The molecule has 0 amide bonds. The summed E-state index contributed by atoms with van der Waals surface area (Å²) in [4.78, 5) is 1.22. The average Bonchev–Trinajstić information content (AvgIpc) is 3.11. The van der Waals surface area contributed by atoms with Gasteiger partial charge in [0.2, 0.25) is 0 Å². The smallest absolute Gasteiger partial charge is 0.190 e. The predicted molar refractivity (Wildman–Crippen MR) is 101 cm³/mol. The summed E-state index contributed by atoms with van der Waals surface area (Å²) in [6.45, 7) is 4.36. The molecule has 138 valence electrons. The van der Waals surface area contributed by atoms with Crippen molar-refractivity contribution in [3.8, 4) is 0 Å². The lowest BCUT2D eigenvalue weighted by Crippen LogP contribution is -2.37. The van der Waals surface area contributed by atoms with Crippen molar-refractivity contribution >= 4 is 11.8 Å². The Balaban J connectivity index is 1.43. The van der Waals surface area contributed by atoms with E-state index in [0.29, 0.717) is 6.61 Å². The lowest BCUT2D eigenvalue weighted by molar-refractivity contribution is -0.216. The van der Waals surface area contributed by atoms with Crippen LogP contribution in [0.2, 0.25) is 0 Å². The van der Waals surface area contributed by atoms with Crippen LogP contribution in [-0.4, -0.2) is 36.1 Å². The highest BCUT2D eigenvalue weighted by Gasteiger charge is 2.55. The maximum atomic E-state index is 6.25. The van der Waals surface area contributed by atoms with Gasteiger partial charge in [0.15, 0.2) is 12.1 Å². The molecule has 0 unspecified atom stereocenters. The van der Waals surface area contributed by atoms with E-state index in [1.807, 2.05) is 50.2 Å². The van der Waals surface area contributed by atoms with Crippen molar-refractivity contribution in [1.29, 1.82) is 0 Å². The van der Waals surface area contributed by atoms with Crippen molar-refractivity contribution in [3.63, 3.8) is 0 Å². The molecule has 2 fully saturated rings. The maximum absolute atomic E-state index is 6.25. The van der Waals surface area contributed by atoms with E-state index in [2.05, 4.69) is 24.3 Å². The van der Waals surface area contributed by atoms with Crippen LogP contribution >= 0.6 is 11.8 Å². The van der Waals surface area contributed by atoms with E-state index in [-0.39, 0.29) is 24.6 Å². The lowest BCUT2D eigenvalue weighted by atomic mass is 10.1. The highest BCUT2D eigenvalue weighted by Crippen LogP contribution is 2.40. The summed E-state index contributed by atoms with van der Waals surface area (Å²) in [5.74, 6) is 0.158. The number of benzene rings is 2. The number of fused-ring (bicyclic) bond motifs is 1. The van der Waals surface area contributed by atoms with Crippen molar-refractivity contribution in [2.75, 3.05) is 5.75 Å². The Bertz CT molecular complexity index is 706. The molecule has 4 rings (SSSR count). The fraction of sp³-hybridized carbons (Fsp3) is 0.429. The van der Waals surface area contributed by atoms with E-state index in [9.17, 15) is 0 Å². The molecule has 0 radical (unpaired) electrons. The summed E-state index contributed by atoms with van der Waals surface area (Å²) in [5, 5.41) is 0. The molecule has 0 aliphatic carbocycles. The van der Waals surface area contributed by atoms with Gasteiger partial charge in [0.1, 0.15) is 12.2 Å². The third kappa shape index (κ3) is 4.13. The van der Waals surface area contributed by atoms with Crippen LogP contribution < -0.4 is 0 Å². The third-order valence-corrected chi connectivity index (χ3v) is 5.63. The van der Waals surface area contributed by atoms with Crippen LogP contribution in [0.5, 0.6) is 0 Å². The second kappa shape index (κ2) is 7.71. The molecule has 0 aromatic heterocycles. The second-order valence-electron chi connectivity index (χ2n) is 7.03. The van der Waals surface area contributed by atoms with E-state index in [1.165, 1.54) is 4.90 Å². The SMILES string of the molecule is CC1(C)O[C@H]2O[C@H](CSc3ccccc3)[C@H](OCc3ccccc3)[C@H]2O1. The van der Waals surface area contributed by atoms with Crippen molar-refractivity contribution < 1.29 is 18.9 Å². The molecule has 2 saturated heterocycles. The first-order chi connectivity index (χ1) is 12.6. The number of hydrogen-bond acceptors (Lipinski definition) is 5. The van der Waals surface area contributed by atoms with Crippen molar-refractivity contribution in [3.05, 3.63) is 66.2 Å². The molecular formula is C21H24O4S. The molecule has 0 N–H and O–H groups in total. The second-order valence-corrected chi connectivity index (χ2v) is 8.12. The molecule has 2 aromatic carbocycles. The first-order valence-electron chi connectivity index (χ1n) is 8.95. The molecule has 2 aromatic rings. The Morgan fingerprint density at radius 2 is 1.65 bits per heavy atom. The predicted octanol–water partition coefficient (Wildman–Crippen LogP) is 4.24. The summed E-state index contributed by atoms with van der Waals surface area (Å²) in [6, 6.07) is 20.5. The summed E-state index contributed by atoms with van der Waals surface area (Å²) < 4.78 is 24.4. The number of thioether (sulfide) groups is 1. The van der Waals surface area contributed by atoms with Crippen LogP contribution in [0.3, 0.4) is 0 Å². The van der Waals surface area contributed by atoms with Crippen LogP contribution in [-0.2, 0) is 25.6 Å². The molecule has 2 aliphatic heterocycles. The molecule has 4 atom stereocenters. The van der Waals surface area contributed by atoms with E-state index >= 15 is 0 Å². The van der Waals surface area contributed by atoms with Crippen LogP contribution in [0.4, 0.5) is 0 Å². The van der Waals surface area contributed by atoms with Gasteiger partial charge in [-0.1, -0.05) is 48.5 Å². The maximum Gasteiger partial charge on any atom is 0.190 e. The lowest BCUT2D eigenvalue weighted by Gasteiger charge is -2.26. The van der Waals surface area contributed by atoms with E-state index in [4.69, 9.17) is 18.9 Å². The van der Waals surface area contributed by atoms with Gasteiger partial charge in [0.25, 0.3) is 0 Å². The molecule has 4 nitrogen and oxygen atoms in total. The standard InChI is InChI=1S/C21H24O4S/c1-21(2)24-19-18(22-13-15-9-5-3-6-10-15)17(23-20(19)25-21)14-26-16-11-7-4-8-12-16/h3-12,17-20H,13-14H2,1-2H3/t17-,18+,19-,20-/m1/s1. The summed E-state index contributed by atoms with van der Waals surface area (Å²) in [6.07, 6.45) is -0.796. The Morgan fingerprint density at radius 1 is 0.962 bits per heavy atom. The summed E-state index contributed by atoms with van der Waals surface area (Å²) in [7, 11) is 0. The van der Waals surface area contributed by atoms with Gasteiger partial charge in [-0.15, -0.1) is 11.8 Å². The van der Waals surface area contributed by atoms with E-state index in [0.717, 1.165) is 11.3 Å². The zero-order valence-corrected chi connectivity index (χ0v) is 15.9. The average molecular weight is 372 g/mol. The van der Waals surface area contributed by atoms with Gasteiger partial charge in [-0.3, -0.25) is 0 Å². The van der Waals surface area contributed by atoms with Gasteiger partial charge in [-0.2, -0.15) is 0 Å². The molecule has 2 aliphatic rings. The van der Waals surface area contributed by atoms with Crippen LogP contribution in [0, 0.1) is 0 Å². The Kier molecular flexibility index (Phi) is 5.34. The quantitative estimate of drug-likeness (QED) is 0.709. The minimum Gasteiger partial charge on any atom is -0.368 e. The Labute approximate surface area is 158 Å². The van der Waals surface area contributed by atoms with Crippen molar-refractivity contribution in [1.82, 2.24) is 0 Å². The van der Waals surface area contributed by atoms with Crippen LogP contribution in [0.15, 0.2) is 65.6 Å². The van der Waals surface area contributed by atoms with Gasteiger partial charge in [-0.05, 0) is 31.5 Å². The molecular weight excluding hydrogens is 348 g/mol. The minimum absolute atomic E-state index is 0.0741. The minimum atomic E-state index is -0.638. The fourth-order valence-corrected chi connectivity index (χ4v) is 4.32. The number of hydrogen-bond donors (Lipinski definition) is 0. The van der Waals surface area contributed by atoms with Gasteiger partial charge in [0, 0.05) is 10.6 Å². The van der Waals surface area contributed by atoms with Crippen LogP contribution in [0.1, 0.15) is 19.4 Å². The molecule has 0 spiro atoms. The first kappa shape index (κ1) is 18.0. The number of rotatable bonds is 6. The zero-order chi connectivity index (χ0) is 18.0. The molecule has 5 heteroatoms. The Hall–Kier alpha value is -1.37. The van der Waals surface area contributed by atoms with Crippen molar-refractivity contribution in [2.24, 2.45) is 0 Å². The molecule has 0 bridgehead atoms. The van der Waals surface area contributed by atoms with Crippen LogP contribution in [0.25, 0.3) is 0 Å². The number of ether oxygens (including phenoxy) is 4. The monoisotopic (exact) mass is 372 g/mol. The normalized spacial score (nSPS) is 29.6. The molecule has 0 saturated carbocycles. The van der Waals surface area contributed by atoms with Crippen molar-refractivity contribution in [2.45, 2.75) is 55.7 Å². The molecule has 2 heterocycles. The van der Waals surface area contributed by atoms with Gasteiger partial charge in [0.05, 0.1) is 12.7 Å². The third-order valence-electron chi connectivity index (χ3n) is 4.53. The fourth-order valence-electron chi connectivity index (χ4n) is 3.34.